The van der Waals surface area contributed by atoms with Crippen molar-refractivity contribution < 1.29 is 4.92 Å². The topological polar surface area (TPSA) is 99.0 Å². The van der Waals surface area contributed by atoms with Crippen LogP contribution in [-0.2, 0) is 13.6 Å². The van der Waals surface area contributed by atoms with E-state index in [1.54, 1.807) is 24.0 Å². The number of nitrogens with one attached hydrogen (secondary N) is 1. The maximum Gasteiger partial charge on any atom is 0.292 e. The second kappa shape index (κ2) is 4.97. The van der Waals surface area contributed by atoms with Gasteiger partial charge in [-0.1, -0.05) is 12.1 Å². The molecule has 0 bridgehead atoms. The van der Waals surface area contributed by atoms with E-state index in [0.29, 0.717) is 18.1 Å². The van der Waals surface area contributed by atoms with Crippen molar-refractivity contribution >= 4 is 17.2 Å². The first kappa shape index (κ1) is 12.9. The van der Waals surface area contributed by atoms with Crippen LogP contribution in [0.25, 0.3) is 0 Å². The third kappa shape index (κ3) is 2.49. The van der Waals surface area contributed by atoms with Gasteiger partial charge in [0.1, 0.15) is 11.5 Å². The Morgan fingerprint density at radius 1 is 1.53 bits per heavy atom. The molecule has 1 aromatic carbocycles. The molecule has 0 amide bonds. The molecule has 7 nitrogen and oxygen atoms in total. The lowest BCUT2D eigenvalue weighted by Crippen LogP contribution is -2.06. The largest absolute Gasteiger partial charge is 0.384 e. The quantitative estimate of drug-likeness (QED) is 0.646. The van der Waals surface area contributed by atoms with Crippen LogP contribution in [0.4, 0.5) is 17.2 Å². The van der Waals surface area contributed by atoms with E-state index in [1.165, 1.54) is 6.07 Å². The number of benzene rings is 1. The minimum atomic E-state index is -0.401. The maximum absolute atomic E-state index is 11.0. The molecule has 0 aliphatic rings. The molecule has 0 radical (unpaired) electrons. The minimum Gasteiger partial charge on any atom is -0.384 e. The van der Waals surface area contributed by atoms with Gasteiger partial charge in [0, 0.05) is 25.2 Å². The number of rotatable bonds is 4. The fraction of sp³-hybridized carbons (Fsp3) is 0.250. The summed E-state index contributed by atoms with van der Waals surface area (Å²) in [5.41, 5.74) is 8.02. The number of nitrogen functional groups attached to an aromatic ring is 1. The van der Waals surface area contributed by atoms with Crippen molar-refractivity contribution in [3.8, 4) is 0 Å². The second-order valence-electron chi connectivity index (χ2n) is 4.26. The predicted octanol–water partition coefficient (Wildman–Crippen LogP) is 1.83. The highest BCUT2D eigenvalue weighted by Crippen LogP contribution is 2.28. The van der Waals surface area contributed by atoms with Gasteiger partial charge >= 0.3 is 0 Å². The SMILES string of the molecule is Cc1cccc([N+](=O)[O-])c1NCc1cnn(C)c1N. The van der Waals surface area contributed by atoms with E-state index in [-0.39, 0.29) is 5.69 Å². The molecule has 0 unspecified atom stereocenters. The Kier molecular flexibility index (Phi) is 3.37. The molecule has 0 fully saturated rings. The molecule has 100 valence electrons. The van der Waals surface area contributed by atoms with Gasteiger partial charge in [0.2, 0.25) is 0 Å². The van der Waals surface area contributed by atoms with Gasteiger partial charge in [-0.15, -0.1) is 0 Å². The number of anilines is 2. The lowest BCUT2D eigenvalue weighted by atomic mass is 10.1. The summed E-state index contributed by atoms with van der Waals surface area (Å²) in [5, 5.41) is 18.1. The molecule has 0 aliphatic heterocycles. The number of para-hydroxylation sites is 1. The molecule has 0 atom stereocenters. The average molecular weight is 261 g/mol. The van der Waals surface area contributed by atoms with Crippen LogP contribution in [0.2, 0.25) is 0 Å². The summed E-state index contributed by atoms with van der Waals surface area (Å²) in [7, 11) is 1.75. The van der Waals surface area contributed by atoms with Crippen molar-refractivity contribution in [3.05, 3.63) is 45.6 Å². The zero-order valence-electron chi connectivity index (χ0n) is 10.8. The van der Waals surface area contributed by atoms with E-state index in [1.807, 2.05) is 13.0 Å². The van der Waals surface area contributed by atoms with Crippen LogP contribution in [0.15, 0.2) is 24.4 Å². The zero-order valence-corrected chi connectivity index (χ0v) is 10.8. The number of nitrogens with two attached hydrogens (primary N) is 1. The fourth-order valence-electron chi connectivity index (χ4n) is 1.85. The molecule has 7 heteroatoms. The summed E-state index contributed by atoms with van der Waals surface area (Å²) >= 11 is 0. The van der Waals surface area contributed by atoms with Gasteiger partial charge < -0.3 is 11.1 Å². The van der Waals surface area contributed by atoms with Crippen LogP contribution >= 0.6 is 0 Å². The van der Waals surface area contributed by atoms with Crippen LogP contribution < -0.4 is 11.1 Å². The summed E-state index contributed by atoms with van der Waals surface area (Å²) < 4.78 is 1.56. The van der Waals surface area contributed by atoms with Gasteiger partial charge in [-0.2, -0.15) is 5.10 Å². The third-order valence-corrected chi connectivity index (χ3v) is 2.97. The van der Waals surface area contributed by atoms with Crippen LogP contribution in [0, 0.1) is 17.0 Å². The van der Waals surface area contributed by atoms with Gasteiger partial charge in [0.25, 0.3) is 5.69 Å². The Bertz CT molecular complexity index is 621. The molecule has 0 aliphatic carbocycles. The average Bonchev–Trinajstić information content (AvgIpc) is 2.68. The second-order valence-corrected chi connectivity index (χ2v) is 4.26. The number of nitro groups is 1. The van der Waals surface area contributed by atoms with Crippen molar-refractivity contribution in [2.24, 2.45) is 7.05 Å². The standard InChI is InChI=1S/C12H15N5O2/c1-8-4-3-5-10(17(18)19)11(8)14-6-9-7-15-16(2)12(9)13/h3-5,7,14H,6,13H2,1-2H3. The Morgan fingerprint density at radius 3 is 2.84 bits per heavy atom. The number of hydrogen-bond acceptors (Lipinski definition) is 5. The lowest BCUT2D eigenvalue weighted by Gasteiger charge is -2.09. The van der Waals surface area contributed by atoms with E-state index in [2.05, 4.69) is 10.4 Å². The Balaban J connectivity index is 2.24. The molecule has 2 aromatic rings. The number of nitrogens with zero attached hydrogens (tertiary/aromatic N) is 3. The number of aryl methyl sites for hydroxylation is 2. The van der Waals surface area contributed by atoms with Crippen molar-refractivity contribution in [3.63, 3.8) is 0 Å². The first-order chi connectivity index (χ1) is 9.00. The smallest absolute Gasteiger partial charge is 0.292 e. The number of aromatic nitrogens is 2. The highest BCUT2D eigenvalue weighted by Gasteiger charge is 2.15. The predicted molar refractivity (Wildman–Crippen MR) is 72.8 cm³/mol. The number of nitro benzene ring substituents is 1. The van der Waals surface area contributed by atoms with Crippen LogP contribution in [0.3, 0.4) is 0 Å². The Morgan fingerprint density at radius 2 is 2.26 bits per heavy atom. The first-order valence-corrected chi connectivity index (χ1v) is 5.75. The third-order valence-electron chi connectivity index (χ3n) is 2.97. The zero-order chi connectivity index (χ0) is 14.0. The Hall–Kier alpha value is -2.57. The molecule has 0 saturated heterocycles. The molecule has 1 heterocycles. The molecular formula is C12H15N5O2. The van der Waals surface area contributed by atoms with Gasteiger partial charge in [0.05, 0.1) is 11.1 Å². The summed E-state index contributed by atoms with van der Waals surface area (Å²) in [6.45, 7) is 2.22. The number of hydrogen-bond donors (Lipinski definition) is 2. The van der Waals surface area contributed by atoms with Gasteiger partial charge in [-0.05, 0) is 12.5 Å². The summed E-state index contributed by atoms with van der Waals surface area (Å²) in [5.74, 6) is 0.545. The first-order valence-electron chi connectivity index (χ1n) is 5.75. The summed E-state index contributed by atoms with van der Waals surface area (Å²) in [6.07, 6.45) is 1.65. The molecule has 3 N–H and O–H groups in total. The van der Waals surface area contributed by atoms with Crippen molar-refractivity contribution in [2.75, 3.05) is 11.1 Å². The fourth-order valence-corrected chi connectivity index (χ4v) is 1.85. The van der Waals surface area contributed by atoms with Gasteiger partial charge in [-0.3, -0.25) is 14.8 Å². The van der Waals surface area contributed by atoms with E-state index in [9.17, 15) is 10.1 Å². The summed E-state index contributed by atoms with van der Waals surface area (Å²) in [4.78, 5) is 10.6. The van der Waals surface area contributed by atoms with E-state index in [4.69, 9.17) is 5.73 Å². The molecule has 1 aromatic heterocycles. The van der Waals surface area contributed by atoms with Crippen LogP contribution in [-0.4, -0.2) is 14.7 Å². The minimum absolute atomic E-state index is 0.0578. The monoisotopic (exact) mass is 261 g/mol. The molecule has 0 spiro atoms. The maximum atomic E-state index is 11.0. The normalized spacial score (nSPS) is 10.4. The Labute approximate surface area is 110 Å². The van der Waals surface area contributed by atoms with Crippen LogP contribution in [0.1, 0.15) is 11.1 Å². The van der Waals surface area contributed by atoms with Crippen molar-refractivity contribution in [2.45, 2.75) is 13.5 Å². The molecule has 19 heavy (non-hydrogen) atoms. The van der Waals surface area contributed by atoms with E-state index >= 15 is 0 Å². The van der Waals surface area contributed by atoms with Crippen LogP contribution in [0.5, 0.6) is 0 Å². The van der Waals surface area contributed by atoms with Gasteiger partial charge in [0.15, 0.2) is 0 Å². The summed E-state index contributed by atoms with van der Waals surface area (Å²) in [6, 6.07) is 4.96. The molecule has 2 rings (SSSR count). The lowest BCUT2D eigenvalue weighted by molar-refractivity contribution is -0.384. The highest BCUT2D eigenvalue weighted by molar-refractivity contribution is 5.66. The van der Waals surface area contributed by atoms with Gasteiger partial charge in [-0.25, -0.2) is 0 Å². The van der Waals surface area contributed by atoms with Crippen molar-refractivity contribution in [1.82, 2.24) is 9.78 Å². The van der Waals surface area contributed by atoms with Crippen molar-refractivity contribution in [1.29, 1.82) is 0 Å². The molecule has 0 saturated carbocycles. The van der Waals surface area contributed by atoms with E-state index < -0.39 is 4.92 Å². The highest BCUT2D eigenvalue weighted by atomic mass is 16.6. The van der Waals surface area contributed by atoms with E-state index in [0.717, 1.165) is 11.1 Å². The molecular weight excluding hydrogens is 246 g/mol.